The highest BCUT2D eigenvalue weighted by Gasteiger charge is 2.22. The van der Waals surface area contributed by atoms with Crippen molar-refractivity contribution in [2.75, 3.05) is 13.2 Å². The summed E-state index contributed by atoms with van der Waals surface area (Å²) < 4.78 is 58.6. The van der Waals surface area contributed by atoms with Crippen LogP contribution in [-0.2, 0) is 14.8 Å². The molecule has 0 fully saturated rings. The Morgan fingerprint density at radius 2 is 1.79 bits per heavy atom. The van der Waals surface area contributed by atoms with Crippen LogP contribution in [0.4, 0.5) is 8.78 Å². The standard InChI is InChI=1S/C11H11ClF2O4S/c12-19(15,16)6-7-4-9-10(5-8(7)11(13)14)18-3-1-2-17-9/h4-5,11H,1-3,6H2. The maximum Gasteiger partial charge on any atom is 0.264 e. The van der Waals surface area contributed by atoms with Crippen molar-refractivity contribution in [1.82, 2.24) is 0 Å². The lowest BCUT2D eigenvalue weighted by Gasteiger charge is -2.13. The van der Waals surface area contributed by atoms with E-state index < -0.39 is 26.8 Å². The lowest BCUT2D eigenvalue weighted by Crippen LogP contribution is -2.03. The summed E-state index contributed by atoms with van der Waals surface area (Å²) in [4.78, 5) is 0. The highest BCUT2D eigenvalue weighted by Crippen LogP contribution is 2.37. The number of hydrogen-bond acceptors (Lipinski definition) is 4. The average Bonchev–Trinajstić information content (AvgIpc) is 2.50. The van der Waals surface area contributed by atoms with Crippen molar-refractivity contribution >= 4 is 19.7 Å². The Kier molecular flexibility index (Phi) is 4.15. The zero-order valence-corrected chi connectivity index (χ0v) is 11.3. The molecule has 1 heterocycles. The third-order valence-corrected chi connectivity index (χ3v) is 3.56. The maximum absolute atomic E-state index is 12.9. The summed E-state index contributed by atoms with van der Waals surface area (Å²) in [7, 11) is 1.19. The van der Waals surface area contributed by atoms with Crippen LogP contribution < -0.4 is 9.47 Å². The highest BCUT2D eigenvalue weighted by molar-refractivity contribution is 8.13. The number of alkyl halides is 2. The SMILES string of the molecule is O=S(=O)(Cl)Cc1cc2c(cc1C(F)F)OCCCO2. The van der Waals surface area contributed by atoms with Gasteiger partial charge in [-0.1, -0.05) is 0 Å². The molecule has 4 nitrogen and oxygen atoms in total. The topological polar surface area (TPSA) is 52.6 Å². The second-order valence-corrected chi connectivity index (χ2v) is 6.81. The summed E-state index contributed by atoms with van der Waals surface area (Å²) in [6, 6.07) is 2.37. The number of ether oxygens (including phenoxy) is 2. The van der Waals surface area contributed by atoms with E-state index in [1.807, 2.05) is 0 Å². The summed E-state index contributed by atoms with van der Waals surface area (Å²) in [5.74, 6) is -0.217. The van der Waals surface area contributed by atoms with Gasteiger partial charge in [0, 0.05) is 22.7 Å². The minimum Gasteiger partial charge on any atom is -0.490 e. The summed E-state index contributed by atoms with van der Waals surface area (Å²) in [5, 5.41) is 0. The largest absolute Gasteiger partial charge is 0.490 e. The summed E-state index contributed by atoms with van der Waals surface area (Å²) in [6.45, 7) is 0.747. The Morgan fingerprint density at radius 3 is 2.32 bits per heavy atom. The molecule has 0 aliphatic carbocycles. The van der Waals surface area contributed by atoms with Gasteiger partial charge >= 0.3 is 0 Å². The van der Waals surface area contributed by atoms with Gasteiger partial charge in [-0.2, -0.15) is 0 Å². The van der Waals surface area contributed by atoms with Crippen molar-refractivity contribution in [3.8, 4) is 11.5 Å². The van der Waals surface area contributed by atoms with Crippen LogP contribution >= 0.6 is 10.7 Å². The molecule has 0 N–H and O–H groups in total. The second kappa shape index (κ2) is 5.50. The fourth-order valence-corrected chi connectivity index (χ4v) is 2.75. The molecule has 106 valence electrons. The summed E-state index contributed by atoms with van der Waals surface area (Å²) >= 11 is 0. The van der Waals surface area contributed by atoms with E-state index in [0.29, 0.717) is 19.6 Å². The molecule has 0 bridgehead atoms. The molecule has 0 unspecified atom stereocenters. The van der Waals surface area contributed by atoms with E-state index in [0.717, 1.165) is 6.07 Å². The third kappa shape index (κ3) is 3.70. The lowest BCUT2D eigenvalue weighted by atomic mass is 10.1. The Bertz CT molecular complexity index is 574. The zero-order valence-electron chi connectivity index (χ0n) is 9.74. The molecule has 1 aliphatic heterocycles. The fourth-order valence-electron chi connectivity index (χ4n) is 1.78. The summed E-state index contributed by atoms with van der Waals surface area (Å²) in [6.07, 6.45) is -2.19. The Balaban J connectivity index is 2.48. The van der Waals surface area contributed by atoms with Crippen molar-refractivity contribution < 1.29 is 26.7 Å². The molecule has 1 aliphatic rings. The summed E-state index contributed by atoms with van der Waals surface area (Å²) in [5.41, 5.74) is -0.484. The zero-order chi connectivity index (χ0) is 14.0. The number of fused-ring (bicyclic) bond motifs is 1. The van der Waals surface area contributed by atoms with Gasteiger partial charge in [-0.25, -0.2) is 17.2 Å². The van der Waals surface area contributed by atoms with Crippen LogP contribution in [0.2, 0.25) is 0 Å². The molecular weight excluding hydrogens is 302 g/mol. The van der Waals surface area contributed by atoms with E-state index >= 15 is 0 Å². The molecule has 0 aromatic heterocycles. The van der Waals surface area contributed by atoms with Gasteiger partial charge in [0.1, 0.15) is 0 Å². The van der Waals surface area contributed by atoms with Gasteiger partial charge < -0.3 is 9.47 Å². The molecule has 1 aromatic rings. The van der Waals surface area contributed by atoms with E-state index in [-0.39, 0.29) is 17.1 Å². The lowest BCUT2D eigenvalue weighted by molar-refractivity contribution is 0.150. The number of halogens is 3. The number of benzene rings is 1. The van der Waals surface area contributed by atoms with Crippen molar-refractivity contribution in [2.45, 2.75) is 18.6 Å². The molecule has 0 saturated carbocycles. The van der Waals surface area contributed by atoms with Gasteiger partial charge in [0.25, 0.3) is 6.43 Å². The second-order valence-electron chi connectivity index (χ2n) is 4.03. The molecule has 19 heavy (non-hydrogen) atoms. The minimum atomic E-state index is -3.93. The molecule has 2 rings (SSSR count). The normalized spacial score (nSPS) is 15.4. The van der Waals surface area contributed by atoms with E-state index in [4.69, 9.17) is 20.2 Å². The van der Waals surface area contributed by atoms with Crippen LogP contribution in [-0.4, -0.2) is 21.6 Å². The van der Waals surface area contributed by atoms with Crippen LogP contribution in [0.25, 0.3) is 0 Å². The van der Waals surface area contributed by atoms with Crippen molar-refractivity contribution in [1.29, 1.82) is 0 Å². The average molecular weight is 313 g/mol. The molecule has 1 aromatic carbocycles. The molecule has 0 atom stereocenters. The molecule has 8 heteroatoms. The Morgan fingerprint density at radius 1 is 1.21 bits per heavy atom. The predicted molar refractivity (Wildman–Crippen MR) is 65.5 cm³/mol. The first-order valence-electron chi connectivity index (χ1n) is 5.50. The molecule has 0 amide bonds. The van der Waals surface area contributed by atoms with Crippen LogP contribution in [0.3, 0.4) is 0 Å². The first-order valence-corrected chi connectivity index (χ1v) is 7.97. The van der Waals surface area contributed by atoms with Crippen LogP contribution in [0.15, 0.2) is 12.1 Å². The van der Waals surface area contributed by atoms with E-state index in [2.05, 4.69) is 0 Å². The van der Waals surface area contributed by atoms with Crippen LogP contribution in [0.5, 0.6) is 11.5 Å². The van der Waals surface area contributed by atoms with Gasteiger partial charge in [0.05, 0.1) is 19.0 Å². The van der Waals surface area contributed by atoms with Crippen molar-refractivity contribution in [3.63, 3.8) is 0 Å². The minimum absolute atomic E-state index is 0.0748. The number of hydrogen-bond donors (Lipinski definition) is 0. The molecule has 0 radical (unpaired) electrons. The first kappa shape index (κ1) is 14.3. The van der Waals surface area contributed by atoms with Gasteiger partial charge in [-0.15, -0.1) is 0 Å². The van der Waals surface area contributed by atoms with E-state index in [1.54, 1.807) is 0 Å². The van der Waals surface area contributed by atoms with Crippen molar-refractivity contribution in [3.05, 3.63) is 23.3 Å². The first-order chi connectivity index (χ1) is 8.87. The molecule has 0 spiro atoms. The Hall–Kier alpha value is -1.08. The van der Waals surface area contributed by atoms with Crippen LogP contribution in [0.1, 0.15) is 24.0 Å². The highest BCUT2D eigenvalue weighted by atomic mass is 35.7. The maximum atomic E-state index is 12.9. The van der Waals surface area contributed by atoms with E-state index in [9.17, 15) is 17.2 Å². The third-order valence-electron chi connectivity index (χ3n) is 2.57. The molecular formula is C11H11ClF2O4S. The van der Waals surface area contributed by atoms with Gasteiger partial charge in [-0.05, 0) is 17.7 Å². The van der Waals surface area contributed by atoms with Crippen LogP contribution in [0, 0.1) is 0 Å². The van der Waals surface area contributed by atoms with E-state index in [1.165, 1.54) is 6.07 Å². The monoisotopic (exact) mass is 312 g/mol. The quantitative estimate of drug-likeness (QED) is 0.805. The van der Waals surface area contributed by atoms with Gasteiger partial charge in [-0.3, -0.25) is 0 Å². The predicted octanol–water partition coefficient (Wildman–Crippen LogP) is 2.85. The Labute approximate surface area is 113 Å². The van der Waals surface area contributed by atoms with Gasteiger partial charge in [0.2, 0.25) is 9.05 Å². The van der Waals surface area contributed by atoms with Crippen molar-refractivity contribution in [2.24, 2.45) is 0 Å². The molecule has 0 saturated heterocycles. The smallest absolute Gasteiger partial charge is 0.264 e. The van der Waals surface area contributed by atoms with Gasteiger partial charge in [0.15, 0.2) is 11.5 Å². The number of rotatable bonds is 3. The fraction of sp³-hybridized carbons (Fsp3) is 0.455.